The molecular formula is C20H17FN2O4S2. The summed E-state index contributed by atoms with van der Waals surface area (Å²) >= 11 is 6.00. The third kappa shape index (κ3) is 5.41. The fourth-order valence-electron chi connectivity index (χ4n) is 2.57. The Balaban J connectivity index is 1.67. The molecule has 2 aromatic carbocycles. The van der Waals surface area contributed by atoms with Crippen LogP contribution in [0.4, 0.5) is 4.39 Å². The molecule has 1 fully saturated rings. The van der Waals surface area contributed by atoms with Gasteiger partial charge in [-0.3, -0.25) is 9.59 Å². The van der Waals surface area contributed by atoms with Crippen LogP contribution in [0.15, 0.2) is 47.4 Å². The molecule has 0 radical (unpaired) electrons. The van der Waals surface area contributed by atoms with Crippen LogP contribution in [0.1, 0.15) is 11.1 Å². The van der Waals surface area contributed by atoms with E-state index in [2.05, 4.69) is 10.1 Å². The van der Waals surface area contributed by atoms with Crippen LogP contribution < -0.4 is 15.8 Å². The first kappa shape index (κ1) is 21.0. The number of halogens is 1. The lowest BCUT2D eigenvalue weighted by atomic mass is 10.1. The Morgan fingerprint density at radius 1 is 1.28 bits per heavy atom. The highest BCUT2D eigenvalue weighted by atomic mass is 32.2. The van der Waals surface area contributed by atoms with Crippen molar-refractivity contribution in [3.63, 3.8) is 0 Å². The van der Waals surface area contributed by atoms with Gasteiger partial charge in [-0.1, -0.05) is 36.1 Å². The van der Waals surface area contributed by atoms with Crippen LogP contribution >= 0.6 is 24.0 Å². The maximum absolute atomic E-state index is 14.4. The molecule has 3 N–H and O–H groups in total. The van der Waals surface area contributed by atoms with Crippen molar-refractivity contribution in [3.05, 3.63) is 64.3 Å². The molecular weight excluding hydrogens is 415 g/mol. The van der Waals surface area contributed by atoms with Crippen LogP contribution in [0.5, 0.6) is 11.5 Å². The number of nitrogens with two attached hydrogens (primary N) is 1. The summed E-state index contributed by atoms with van der Waals surface area (Å²) in [6.07, 6.45) is 1.78. The zero-order valence-corrected chi connectivity index (χ0v) is 16.9. The lowest BCUT2D eigenvalue weighted by Crippen LogP contribution is -2.33. The number of esters is 1. The summed E-state index contributed by atoms with van der Waals surface area (Å²) in [6.45, 7) is 0. The summed E-state index contributed by atoms with van der Waals surface area (Å²) in [4.78, 5) is 23.4. The highest BCUT2D eigenvalue weighted by Gasteiger charge is 2.22. The monoisotopic (exact) mass is 432 g/mol. The first-order chi connectivity index (χ1) is 13.9. The molecule has 1 saturated heterocycles. The van der Waals surface area contributed by atoms with Gasteiger partial charge in [0.2, 0.25) is 0 Å². The van der Waals surface area contributed by atoms with Crippen molar-refractivity contribution in [2.24, 2.45) is 5.73 Å². The Morgan fingerprint density at radius 3 is 2.55 bits per heavy atom. The molecule has 2 aromatic rings. The van der Waals surface area contributed by atoms with E-state index < -0.39 is 17.8 Å². The minimum Gasteiger partial charge on any atom is -0.468 e. The van der Waals surface area contributed by atoms with Gasteiger partial charge in [0.1, 0.15) is 27.7 Å². The standard InChI is InChI=1S/C20H17FN2O4S2/c1-26-19(25)16(22)8-11-2-5-13(6-3-11)27-14-7-4-12(15(21)10-14)9-17-18(24)23-20(28)29-17/h2-7,9-10,16H,8,22H2,1H3,(H,23,24,28)/b17-9+/t16-/m0/s1. The van der Waals surface area contributed by atoms with Gasteiger partial charge in [-0.15, -0.1) is 0 Å². The molecule has 29 heavy (non-hydrogen) atoms. The molecule has 6 nitrogen and oxygen atoms in total. The Morgan fingerprint density at radius 2 is 1.97 bits per heavy atom. The number of hydrogen-bond acceptors (Lipinski definition) is 7. The van der Waals surface area contributed by atoms with Gasteiger partial charge in [0.05, 0.1) is 12.0 Å². The molecule has 0 unspecified atom stereocenters. The van der Waals surface area contributed by atoms with Crippen molar-refractivity contribution in [3.8, 4) is 11.5 Å². The fourth-order valence-corrected chi connectivity index (χ4v) is 3.60. The van der Waals surface area contributed by atoms with Gasteiger partial charge in [0, 0.05) is 11.6 Å². The Bertz CT molecular complexity index is 992. The fraction of sp³-hybridized carbons (Fsp3) is 0.150. The number of rotatable bonds is 6. The number of thiocarbonyl (C=S) groups is 1. The van der Waals surface area contributed by atoms with Crippen LogP contribution in [0.25, 0.3) is 6.08 Å². The number of thioether (sulfide) groups is 1. The molecule has 0 bridgehead atoms. The van der Waals surface area contributed by atoms with Gasteiger partial charge in [-0.2, -0.15) is 0 Å². The van der Waals surface area contributed by atoms with Crippen LogP contribution in [0.2, 0.25) is 0 Å². The van der Waals surface area contributed by atoms with Gasteiger partial charge in [-0.25, -0.2) is 4.39 Å². The second kappa shape index (κ2) is 9.17. The minimum absolute atomic E-state index is 0.256. The number of carbonyl (C=O) groups excluding carboxylic acids is 2. The predicted octanol–water partition coefficient (Wildman–Crippen LogP) is 3.15. The highest BCUT2D eigenvalue weighted by molar-refractivity contribution is 8.26. The number of amides is 1. The van der Waals surface area contributed by atoms with Crippen molar-refractivity contribution in [1.29, 1.82) is 0 Å². The second-order valence-electron chi connectivity index (χ2n) is 6.12. The molecule has 0 saturated carbocycles. The molecule has 0 aliphatic carbocycles. The largest absolute Gasteiger partial charge is 0.468 e. The van der Waals surface area contributed by atoms with Crippen molar-refractivity contribution in [2.45, 2.75) is 12.5 Å². The molecule has 9 heteroatoms. The Hall–Kier alpha value is -2.75. The van der Waals surface area contributed by atoms with Crippen molar-refractivity contribution in [1.82, 2.24) is 5.32 Å². The molecule has 1 aliphatic rings. The van der Waals surface area contributed by atoms with Crippen LogP contribution in [0, 0.1) is 5.82 Å². The molecule has 3 rings (SSSR count). The summed E-state index contributed by atoms with van der Waals surface area (Å²) in [7, 11) is 1.29. The Kier molecular flexibility index (Phi) is 6.63. The first-order valence-electron chi connectivity index (χ1n) is 8.50. The number of ether oxygens (including phenoxy) is 2. The molecule has 1 heterocycles. The summed E-state index contributed by atoms with van der Waals surface area (Å²) in [6, 6.07) is 10.6. The van der Waals surface area contributed by atoms with E-state index >= 15 is 0 Å². The first-order valence-corrected chi connectivity index (χ1v) is 9.73. The van der Waals surface area contributed by atoms with E-state index in [0.29, 0.717) is 27.1 Å². The third-order valence-electron chi connectivity index (χ3n) is 4.02. The van der Waals surface area contributed by atoms with Crippen molar-refractivity contribution < 1.29 is 23.5 Å². The number of benzene rings is 2. The minimum atomic E-state index is -0.739. The summed E-state index contributed by atoms with van der Waals surface area (Å²) in [5.41, 5.74) is 6.84. The van der Waals surface area contributed by atoms with Gasteiger partial charge in [0.25, 0.3) is 5.91 Å². The van der Waals surface area contributed by atoms with Gasteiger partial charge < -0.3 is 20.5 Å². The number of hydrogen-bond donors (Lipinski definition) is 2. The zero-order chi connectivity index (χ0) is 21.0. The van der Waals surface area contributed by atoms with E-state index in [1.807, 2.05) is 0 Å². The van der Waals surface area contributed by atoms with Gasteiger partial charge in [-0.05, 0) is 42.3 Å². The van der Waals surface area contributed by atoms with E-state index in [1.54, 1.807) is 30.3 Å². The molecule has 0 spiro atoms. The average molecular weight is 432 g/mol. The zero-order valence-electron chi connectivity index (χ0n) is 15.3. The molecule has 1 aliphatic heterocycles. The van der Waals surface area contributed by atoms with E-state index in [4.69, 9.17) is 22.7 Å². The molecule has 1 atom stereocenters. The Labute approximate surface area is 176 Å². The van der Waals surface area contributed by atoms with E-state index in [9.17, 15) is 14.0 Å². The lowest BCUT2D eigenvalue weighted by molar-refractivity contribution is -0.142. The smallest absolute Gasteiger partial charge is 0.322 e. The maximum Gasteiger partial charge on any atom is 0.322 e. The lowest BCUT2D eigenvalue weighted by Gasteiger charge is -2.10. The molecule has 0 aromatic heterocycles. The average Bonchev–Trinajstić information content (AvgIpc) is 3.01. The summed E-state index contributed by atoms with van der Waals surface area (Å²) in [5.74, 6) is -0.538. The van der Waals surface area contributed by atoms with E-state index in [-0.39, 0.29) is 11.5 Å². The molecule has 1 amide bonds. The normalized spacial score (nSPS) is 15.9. The van der Waals surface area contributed by atoms with Crippen LogP contribution in [-0.4, -0.2) is 29.3 Å². The van der Waals surface area contributed by atoms with E-state index in [1.165, 1.54) is 25.3 Å². The van der Waals surface area contributed by atoms with Crippen molar-refractivity contribution >= 4 is 46.3 Å². The van der Waals surface area contributed by atoms with Gasteiger partial charge in [0.15, 0.2) is 0 Å². The van der Waals surface area contributed by atoms with Crippen molar-refractivity contribution in [2.75, 3.05) is 7.11 Å². The topological polar surface area (TPSA) is 90.7 Å². The second-order valence-corrected chi connectivity index (χ2v) is 7.83. The predicted molar refractivity (Wildman–Crippen MR) is 113 cm³/mol. The summed E-state index contributed by atoms with van der Waals surface area (Å²) < 4.78 is 25.0. The quantitative estimate of drug-likeness (QED) is 0.412. The number of methoxy groups -OCH3 is 1. The molecule has 150 valence electrons. The number of carbonyl (C=O) groups is 2. The summed E-state index contributed by atoms with van der Waals surface area (Å²) in [5, 5.41) is 2.48. The van der Waals surface area contributed by atoms with Crippen LogP contribution in [-0.2, 0) is 20.7 Å². The highest BCUT2D eigenvalue weighted by Crippen LogP contribution is 2.29. The van der Waals surface area contributed by atoms with E-state index in [0.717, 1.165) is 17.3 Å². The SMILES string of the molecule is COC(=O)[C@@H](N)Cc1ccc(Oc2ccc(/C=C3/SC(=S)NC3=O)c(F)c2)cc1. The third-order valence-corrected chi connectivity index (χ3v) is 5.18. The maximum atomic E-state index is 14.4. The van der Waals surface area contributed by atoms with Gasteiger partial charge >= 0.3 is 5.97 Å². The number of nitrogens with one attached hydrogen (secondary N) is 1. The van der Waals surface area contributed by atoms with Crippen LogP contribution in [0.3, 0.4) is 0 Å².